The molecule has 0 saturated carbocycles. The van der Waals surface area contributed by atoms with E-state index in [4.69, 9.17) is 18.9 Å². The topological polar surface area (TPSA) is 71.1 Å². The molecule has 0 bridgehead atoms. The first kappa shape index (κ1) is 19.5. The summed E-state index contributed by atoms with van der Waals surface area (Å²) in [5, 5.41) is 0. The largest absolute Gasteiger partial charge is 0.491 e. The van der Waals surface area contributed by atoms with Crippen molar-refractivity contribution in [3.05, 3.63) is 59.7 Å². The van der Waals surface area contributed by atoms with Crippen molar-refractivity contribution < 1.29 is 28.5 Å². The van der Waals surface area contributed by atoms with Crippen molar-refractivity contribution in [1.29, 1.82) is 0 Å². The highest BCUT2D eigenvalue weighted by Crippen LogP contribution is 2.17. The molecule has 6 heteroatoms. The van der Waals surface area contributed by atoms with Crippen LogP contribution in [0.2, 0.25) is 0 Å². The average molecular weight is 358 g/mol. The molecule has 0 aliphatic heterocycles. The van der Waals surface area contributed by atoms with E-state index in [0.717, 1.165) is 0 Å². The van der Waals surface area contributed by atoms with Gasteiger partial charge in [-0.1, -0.05) is 0 Å². The van der Waals surface area contributed by atoms with Gasteiger partial charge in [0.15, 0.2) is 0 Å². The minimum atomic E-state index is -0.489. The first-order valence-corrected chi connectivity index (χ1v) is 8.24. The molecule has 0 heterocycles. The van der Waals surface area contributed by atoms with Crippen LogP contribution in [0.4, 0.5) is 0 Å². The van der Waals surface area contributed by atoms with Crippen molar-refractivity contribution in [2.24, 2.45) is 0 Å². The van der Waals surface area contributed by atoms with Crippen LogP contribution in [0.1, 0.15) is 34.6 Å². The average Bonchev–Trinajstić information content (AvgIpc) is 2.62. The summed E-state index contributed by atoms with van der Waals surface area (Å²) in [5.74, 6) is 0.0797. The maximum atomic E-state index is 12.2. The molecule has 0 radical (unpaired) electrons. The second-order valence-corrected chi connectivity index (χ2v) is 5.73. The monoisotopic (exact) mass is 358 g/mol. The summed E-state index contributed by atoms with van der Waals surface area (Å²) < 4.78 is 20.7. The lowest BCUT2D eigenvalue weighted by molar-refractivity contribution is 0.0388. The molecule has 2 aromatic rings. The third kappa shape index (κ3) is 5.89. The van der Waals surface area contributed by atoms with Gasteiger partial charge in [0.05, 0.1) is 23.8 Å². The second kappa shape index (κ2) is 9.58. The molecule has 0 fully saturated rings. The van der Waals surface area contributed by atoms with Crippen molar-refractivity contribution in [2.45, 2.75) is 20.0 Å². The van der Waals surface area contributed by atoms with Crippen molar-refractivity contribution >= 4 is 11.9 Å². The summed E-state index contributed by atoms with van der Waals surface area (Å²) in [4.78, 5) is 24.0. The number of benzene rings is 2. The Morgan fingerprint density at radius 3 is 1.88 bits per heavy atom. The van der Waals surface area contributed by atoms with E-state index < -0.39 is 11.9 Å². The zero-order valence-corrected chi connectivity index (χ0v) is 15.1. The molecular weight excluding hydrogens is 336 g/mol. The lowest BCUT2D eigenvalue weighted by atomic mass is 10.2. The van der Waals surface area contributed by atoms with E-state index in [2.05, 4.69) is 0 Å². The van der Waals surface area contributed by atoms with Crippen LogP contribution in [0.15, 0.2) is 48.5 Å². The standard InChI is InChI=1S/C20H22O6/c1-14(2)25-17-8-6-16(7-9-17)20(22)26-18-10-4-15(5-11-18)19(21)24-13-12-23-3/h4-11,14H,12-13H2,1-3H3. The number of methoxy groups -OCH3 is 1. The predicted octanol–water partition coefficient (Wildman–Crippen LogP) is 3.50. The molecule has 0 spiro atoms. The van der Waals surface area contributed by atoms with Gasteiger partial charge in [-0.25, -0.2) is 9.59 Å². The fourth-order valence-corrected chi connectivity index (χ4v) is 2.07. The van der Waals surface area contributed by atoms with Crippen LogP contribution < -0.4 is 9.47 Å². The Morgan fingerprint density at radius 2 is 1.35 bits per heavy atom. The lowest BCUT2D eigenvalue weighted by Crippen LogP contribution is -2.11. The molecule has 0 N–H and O–H groups in total. The van der Waals surface area contributed by atoms with Gasteiger partial charge in [-0.3, -0.25) is 0 Å². The summed E-state index contributed by atoms with van der Waals surface area (Å²) in [7, 11) is 1.53. The fraction of sp³-hybridized carbons (Fsp3) is 0.300. The smallest absolute Gasteiger partial charge is 0.343 e. The van der Waals surface area contributed by atoms with Crippen LogP contribution in [-0.2, 0) is 9.47 Å². The van der Waals surface area contributed by atoms with E-state index in [1.165, 1.54) is 19.2 Å². The normalized spacial score (nSPS) is 10.5. The van der Waals surface area contributed by atoms with Gasteiger partial charge in [-0.05, 0) is 62.4 Å². The molecule has 0 amide bonds. The molecule has 0 atom stereocenters. The van der Waals surface area contributed by atoms with Crippen LogP contribution in [0.5, 0.6) is 11.5 Å². The van der Waals surface area contributed by atoms with Gasteiger partial charge < -0.3 is 18.9 Å². The minimum Gasteiger partial charge on any atom is -0.491 e. The Kier molecular flexibility index (Phi) is 7.17. The van der Waals surface area contributed by atoms with Crippen molar-refractivity contribution in [3.63, 3.8) is 0 Å². The number of carbonyl (C=O) groups excluding carboxylic acids is 2. The van der Waals surface area contributed by atoms with Gasteiger partial charge >= 0.3 is 11.9 Å². The molecule has 0 aromatic heterocycles. The summed E-state index contributed by atoms with van der Waals surface area (Å²) in [6, 6.07) is 12.9. The lowest BCUT2D eigenvalue weighted by Gasteiger charge is -2.10. The van der Waals surface area contributed by atoms with E-state index in [9.17, 15) is 9.59 Å². The Morgan fingerprint density at radius 1 is 0.808 bits per heavy atom. The number of esters is 2. The molecule has 0 saturated heterocycles. The Bertz CT molecular complexity index is 719. The van der Waals surface area contributed by atoms with Crippen molar-refractivity contribution in [2.75, 3.05) is 20.3 Å². The van der Waals surface area contributed by atoms with Crippen LogP contribution in [0.25, 0.3) is 0 Å². The highest BCUT2D eigenvalue weighted by atomic mass is 16.6. The summed E-state index contributed by atoms with van der Waals surface area (Å²) in [6.45, 7) is 4.38. The number of rotatable bonds is 8. The maximum Gasteiger partial charge on any atom is 0.343 e. The number of ether oxygens (including phenoxy) is 4. The Hall–Kier alpha value is -2.86. The SMILES string of the molecule is COCCOC(=O)c1ccc(OC(=O)c2ccc(OC(C)C)cc2)cc1. The van der Waals surface area contributed by atoms with Crippen molar-refractivity contribution in [3.8, 4) is 11.5 Å². The van der Waals surface area contributed by atoms with Crippen LogP contribution in [0.3, 0.4) is 0 Å². The van der Waals surface area contributed by atoms with Gasteiger partial charge in [0.1, 0.15) is 18.1 Å². The fourth-order valence-electron chi connectivity index (χ4n) is 2.07. The molecule has 2 aromatic carbocycles. The summed E-state index contributed by atoms with van der Waals surface area (Å²) >= 11 is 0. The highest BCUT2D eigenvalue weighted by molar-refractivity contribution is 5.92. The van der Waals surface area contributed by atoms with E-state index in [1.54, 1.807) is 36.4 Å². The molecule has 0 unspecified atom stereocenters. The molecule has 0 aliphatic carbocycles. The zero-order valence-electron chi connectivity index (χ0n) is 15.1. The van der Waals surface area contributed by atoms with Gasteiger partial charge in [0.25, 0.3) is 0 Å². The minimum absolute atomic E-state index is 0.0625. The molecule has 0 aliphatic rings. The van der Waals surface area contributed by atoms with Gasteiger partial charge in [0.2, 0.25) is 0 Å². The Labute approximate surface area is 152 Å². The Balaban J connectivity index is 1.93. The van der Waals surface area contributed by atoms with Gasteiger partial charge in [-0.2, -0.15) is 0 Å². The second-order valence-electron chi connectivity index (χ2n) is 5.73. The number of hydrogen-bond acceptors (Lipinski definition) is 6. The van der Waals surface area contributed by atoms with Gasteiger partial charge in [-0.15, -0.1) is 0 Å². The summed E-state index contributed by atoms with van der Waals surface area (Å²) in [5.41, 5.74) is 0.778. The van der Waals surface area contributed by atoms with Crippen LogP contribution in [-0.4, -0.2) is 38.4 Å². The van der Waals surface area contributed by atoms with Crippen LogP contribution in [0, 0.1) is 0 Å². The molecule has 6 nitrogen and oxygen atoms in total. The summed E-state index contributed by atoms with van der Waals surface area (Å²) in [6.07, 6.45) is 0.0625. The number of carbonyl (C=O) groups is 2. The first-order valence-electron chi connectivity index (χ1n) is 8.24. The quantitative estimate of drug-likeness (QED) is 0.409. The van der Waals surface area contributed by atoms with E-state index in [0.29, 0.717) is 29.2 Å². The molecule has 2 rings (SSSR count). The van der Waals surface area contributed by atoms with Crippen molar-refractivity contribution in [1.82, 2.24) is 0 Å². The van der Waals surface area contributed by atoms with E-state index in [1.807, 2.05) is 13.8 Å². The van der Waals surface area contributed by atoms with Gasteiger partial charge in [0, 0.05) is 7.11 Å². The first-order chi connectivity index (χ1) is 12.5. The third-order valence-electron chi connectivity index (χ3n) is 3.28. The molecular formula is C20H22O6. The van der Waals surface area contributed by atoms with E-state index in [-0.39, 0.29) is 12.7 Å². The number of hydrogen-bond donors (Lipinski definition) is 0. The molecule has 26 heavy (non-hydrogen) atoms. The van der Waals surface area contributed by atoms with Crippen LogP contribution >= 0.6 is 0 Å². The van der Waals surface area contributed by atoms with E-state index >= 15 is 0 Å². The maximum absolute atomic E-state index is 12.2. The predicted molar refractivity (Wildman–Crippen MR) is 95.8 cm³/mol. The molecule has 138 valence electrons. The highest BCUT2D eigenvalue weighted by Gasteiger charge is 2.11. The zero-order chi connectivity index (χ0) is 18.9. The third-order valence-corrected chi connectivity index (χ3v) is 3.28.